The van der Waals surface area contributed by atoms with Crippen LogP contribution in [0.2, 0.25) is 0 Å². The van der Waals surface area contributed by atoms with Crippen molar-refractivity contribution < 1.29 is 19.4 Å². The summed E-state index contributed by atoms with van der Waals surface area (Å²) in [6.45, 7) is 2.38. The van der Waals surface area contributed by atoms with Crippen LogP contribution in [0.5, 0.6) is 0 Å². The molecule has 0 bridgehead atoms. The van der Waals surface area contributed by atoms with Gasteiger partial charge in [0.1, 0.15) is 6.10 Å². The second-order valence-corrected chi connectivity index (χ2v) is 4.97. The number of benzene rings is 1. The number of aliphatic hydroxyl groups is 1. The third-order valence-electron chi connectivity index (χ3n) is 2.43. The van der Waals surface area contributed by atoms with Gasteiger partial charge in [0.25, 0.3) is 0 Å². The average molecular weight is 282 g/mol. The minimum absolute atomic E-state index is 0.0631. The molecule has 0 aromatic heterocycles. The maximum absolute atomic E-state index is 11.7. The van der Waals surface area contributed by atoms with Crippen LogP contribution in [0.15, 0.2) is 30.3 Å². The Kier molecular flexibility index (Phi) is 7.22. The Labute approximate surface area is 117 Å². The number of hydrogen-bond donors (Lipinski definition) is 1. The number of rotatable bonds is 7. The molecule has 0 amide bonds. The first-order valence-electron chi connectivity index (χ1n) is 6.20. The molecule has 1 aromatic rings. The molecule has 0 unspecified atom stereocenters. The lowest BCUT2D eigenvalue weighted by Gasteiger charge is -2.09. The van der Waals surface area contributed by atoms with Gasteiger partial charge in [-0.1, -0.05) is 55.4 Å². The van der Waals surface area contributed by atoms with Crippen molar-refractivity contribution in [2.75, 3.05) is 12.4 Å². The van der Waals surface area contributed by atoms with Crippen molar-refractivity contribution in [3.05, 3.63) is 35.9 Å². The zero-order valence-electron chi connectivity index (χ0n) is 10.9. The standard InChI is InChI=1S/C14H18O4S/c1-2-3-9-18-12(15)10-19-14(17)13(16)11-7-5-4-6-8-11/h4-8,13,16H,2-3,9-10H2,1H3/t13-/m1/s1. The maximum atomic E-state index is 11.7. The smallest absolute Gasteiger partial charge is 0.316 e. The Hall–Kier alpha value is -1.33. The second kappa shape index (κ2) is 8.72. The normalized spacial score (nSPS) is 11.9. The van der Waals surface area contributed by atoms with Gasteiger partial charge in [0.2, 0.25) is 5.12 Å². The van der Waals surface area contributed by atoms with E-state index in [-0.39, 0.29) is 5.75 Å². The molecule has 19 heavy (non-hydrogen) atoms. The fourth-order valence-electron chi connectivity index (χ4n) is 1.35. The number of carbonyl (C=O) groups excluding carboxylic acids is 2. The molecule has 0 saturated carbocycles. The van der Waals surface area contributed by atoms with E-state index in [1.807, 2.05) is 6.92 Å². The molecule has 0 spiro atoms. The van der Waals surface area contributed by atoms with Gasteiger partial charge in [0, 0.05) is 0 Å². The van der Waals surface area contributed by atoms with Crippen LogP contribution in [0.25, 0.3) is 0 Å². The highest BCUT2D eigenvalue weighted by molar-refractivity contribution is 8.14. The monoisotopic (exact) mass is 282 g/mol. The Bertz CT molecular complexity index is 405. The van der Waals surface area contributed by atoms with Crippen LogP contribution >= 0.6 is 11.8 Å². The van der Waals surface area contributed by atoms with E-state index in [9.17, 15) is 14.7 Å². The van der Waals surface area contributed by atoms with Crippen molar-refractivity contribution in [3.8, 4) is 0 Å². The third-order valence-corrected chi connectivity index (χ3v) is 3.32. The average Bonchev–Trinajstić information content (AvgIpc) is 2.45. The highest BCUT2D eigenvalue weighted by Crippen LogP contribution is 2.19. The molecule has 5 heteroatoms. The fourth-order valence-corrected chi connectivity index (χ4v) is 1.99. The summed E-state index contributed by atoms with van der Waals surface area (Å²) in [5.41, 5.74) is 0.527. The summed E-state index contributed by atoms with van der Waals surface area (Å²) < 4.78 is 4.92. The molecule has 1 aromatic carbocycles. The minimum Gasteiger partial charge on any atom is -0.465 e. The second-order valence-electron chi connectivity index (χ2n) is 3.99. The lowest BCUT2D eigenvalue weighted by molar-refractivity contribution is -0.140. The summed E-state index contributed by atoms with van der Waals surface area (Å²) in [6, 6.07) is 8.63. The van der Waals surface area contributed by atoms with E-state index >= 15 is 0 Å². The zero-order chi connectivity index (χ0) is 14.1. The number of unbranched alkanes of at least 4 members (excludes halogenated alkanes) is 1. The van der Waals surface area contributed by atoms with Crippen molar-refractivity contribution >= 4 is 22.8 Å². The summed E-state index contributed by atoms with van der Waals surface area (Å²) in [6.07, 6.45) is 0.568. The molecule has 1 N–H and O–H groups in total. The number of esters is 1. The Morgan fingerprint density at radius 3 is 2.63 bits per heavy atom. The Morgan fingerprint density at radius 1 is 1.32 bits per heavy atom. The predicted molar refractivity (Wildman–Crippen MR) is 74.7 cm³/mol. The van der Waals surface area contributed by atoms with E-state index in [1.165, 1.54) is 0 Å². The summed E-state index contributed by atoms with van der Waals surface area (Å²) in [7, 11) is 0. The molecule has 0 fully saturated rings. The van der Waals surface area contributed by atoms with Crippen LogP contribution in [-0.2, 0) is 14.3 Å². The van der Waals surface area contributed by atoms with Gasteiger partial charge in [-0.15, -0.1) is 0 Å². The van der Waals surface area contributed by atoms with Gasteiger partial charge >= 0.3 is 5.97 Å². The summed E-state index contributed by atoms with van der Waals surface area (Å²) in [5.74, 6) is -0.487. The molecular formula is C14H18O4S. The van der Waals surface area contributed by atoms with Gasteiger partial charge in [-0.05, 0) is 12.0 Å². The summed E-state index contributed by atoms with van der Waals surface area (Å²) in [4.78, 5) is 23.0. The molecular weight excluding hydrogens is 264 g/mol. The minimum atomic E-state index is -1.20. The number of hydrogen-bond acceptors (Lipinski definition) is 5. The van der Waals surface area contributed by atoms with Crippen molar-refractivity contribution in [1.29, 1.82) is 0 Å². The summed E-state index contributed by atoms with van der Waals surface area (Å²) in [5, 5.41) is 9.35. The quantitative estimate of drug-likeness (QED) is 0.614. The van der Waals surface area contributed by atoms with Gasteiger partial charge in [-0.3, -0.25) is 9.59 Å². The predicted octanol–water partition coefficient (Wildman–Crippen LogP) is 2.32. The third kappa shape index (κ3) is 5.89. The van der Waals surface area contributed by atoms with Gasteiger partial charge in [0.15, 0.2) is 0 Å². The fraction of sp³-hybridized carbons (Fsp3) is 0.429. The molecule has 1 rings (SSSR count). The molecule has 0 aliphatic heterocycles. The number of carbonyl (C=O) groups is 2. The van der Waals surface area contributed by atoms with Gasteiger partial charge in [-0.2, -0.15) is 0 Å². The van der Waals surface area contributed by atoms with Crippen molar-refractivity contribution in [2.45, 2.75) is 25.9 Å². The van der Waals surface area contributed by atoms with Crippen molar-refractivity contribution in [2.24, 2.45) is 0 Å². The molecule has 4 nitrogen and oxygen atoms in total. The van der Waals surface area contributed by atoms with E-state index in [2.05, 4.69) is 0 Å². The number of ether oxygens (including phenoxy) is 1. The van der Waals surface area contributed by atoms with Crippen molar-refractivity contribution in [1.82, 2.24) is 0 Å². The highest BCUT2D eigenvalue weighted by atomic mass is 32.2. The summed E-state index contributed by atoms with van der Waals surface area (Å²) >= 11 is 0.782. The molecule has 1 atom stereocenters. The first kappa shape index (κ1) is 15.7. The van der Waals surface area contributed by atoms with Crippen LogP contribution in [0.3, 0.4) is 0 Å². The van der Waals surface area contributed by atoms with E-state index in [4.69, 9.17) is 4.74 Å². The van der Waals surface area contributed by atoms with E-state index < -0.39 is 17.2 Å². The molecule has 0 radical (unpaired) electrons. The van der Waals surface area contributed by atoms with Crippen LogP contribution < -0.4 is 0 Å². The molecule has 104 valence electrons. The maximum Gasteiger partial charge on any atom is 0.316 e. The topological polar surface area (TPSA) is 63.6 Å². The van der Waals surface area contributed by atoms with Crippen LogP contribution in [0.1, 0.15) is 31.4 Å². The van der Waals surface area contributed by atoms with Crippen LogP contribution in [0.4, 0.5) is 0 Å². The van der Waals surface area contributed by atoms with Gasteiger partial charge in [-0.25, -0.2) is 0 Å². The number of thioether (sulfide) groups is 1. The van der Waals surface area contributed by atoms with Gasteiger partial charge in [0.05, 0.1) is 12.4 Å². The molecule has 0 saturated heterocycles. The first-order valence-corrected chi connectivity index (χ1v) is 7.19. The lowest BCUT2D eigenvalue weighted by Crippen LogP contribution is -2.14. The van der Waals surface area contributed by atoms with E-state index in [0.29, 0.717) is 12.2 Å². The molecule has 0 heterocycles. The van der Waals surface area contributed by atoms with E-state index in [0.717, 1.165) is 24.6 Å². The lowest BCUT2D eigenvalue weighted by atomic mass is 10.1. The molecule has 0 aliphatic rings. The molecule has 0 aliphatic carbocycles. The SMILES string of the molecule is CCCCOC(=O)CSC(=O)[C@H](O)c1ccccc1. The van der Waals surface area contributed by atoms with Gasteiger partial charge < -0.3 is 9.84 Å². The largest absolute Gasteiger partial charge is 0.465 e. The van der Waals surface area contributed by atoms with Crippen LogP contribution in [0, 0.1) is 0 Å². The Balaban J connectivity index is 2.33. The number of aliphatic hydroxyl groups excluding tert-OH is 1. The highest BCUT2D eigenvalue weighted by Gasteiger charge is 2.19. The first-order chi connectivity index (χ1) is 9.15. The van der Waals surface area contributed by atoms with Crippen molar-refractivity contribution in [3.63, 3.8) is 0 Å². The van der Waals surface area contributed by atoms with E-state index in [1.54, 1.807) is 30.3 Å². The Morgan fingerprint density at radius 2 is 2.00 bits per heavy atom. The zero-order valence-corrected chi connectivity index (χ0v) is 11.7. The van der Waals surface area contributed by atoms with Crippen LogP contribution in [-0.4, -0.2) is 28.6 Å².